The molecule has 0 aromatic heterocycles. The third-order valence-corrected chi connectivity index (χ3v) is 1.22. The number of amides is 1. The molecule has 0 aliphatic heterocycles. The standard InChI is InChI=1S/C7H9NO5/c8-7(13)4(3-6(11)12)1-2-5(9)10/h3H,1-2H2,(H2,8,13)(H,9,10)(H,11,12)/b4-3-. The molecule has 13 heavy (non-hydrogen) atoms. The summed E-state index contributed by atoms with van der Waals surface area (Å²) in [4.78, 5) is 30.8. The van der Waals surface area contributed by atoms with Crippen LogP contribution in [0.1, 0.15) is 12.8 Å². The highest BCUT2D eigenvalue weighted by Crippen LogP contribution is 2.03. The van der Waals surface area contributed by atoms with Crippen LogP contribution in [0.5, 0.6) is 0 Å². The molecule has 0 saturated carbocycles. The minimum Gasteiger partial charge on any atom is -0.481 e. The fourth-order valence-corrected chi connectivity index (χ4v) is 0.657. The summed E-state index contributed by atoms with van der Waals surface area (Å²) in [6, 6.07) is 0. The smallest absolute Gasteiger partial charge is 0.328 e. The minimum atomic E-state index is -1.32. The molecule has 72 valence electrons. The van der Waals surface area contributed by atoms with Gasteiger partial charge in [0.05, 0.1) is 0 Å². The van der Waals surface area contributed by atoms with E-state index in [-0.39, 0.29) is 18.4 Å². The van der Waals surface area contributed by atoms with Crippen molar-refractivity contribution >= 4 is 17.8 Å². The number of carboxylic acids is 2. The number of carboxylic acid groups (broad SMARTS) is 2. The van der Waals surface area contributed by atoms with Crippen LogP contribution in [-0.2, 0) is 14.4 Å². The lowest BCUT2D eigenvalue weighted by Gasteiger charge is -1.98. The first-order chi connectivity index (χ1) is 5.93. The van der Waals surface area contributed by atoms with Crippen LogP contribution in [0.15, 0.2) is 11.6 Å². The number of rotatable bonds is 5. The highest BCUT2D eigenvalue weighted by Gasteiger charge is 2.09. The molecule has 0 aliphatic carbocycles. The predicted octanol–water partition coefficient (Wildman–Crippen LogP) is -0.653. The van der Waals surface area contributed by atoms with Crippen LogP contribution in [0.3, 0.4) is 0 Å². The van der Waals surface area contributed by atoms with Crippen LogP contribution < -0.4 is 5.73 Å². The molecule has 0 heterocycles. The number of carbonyl (C=O) groups excluding carboxylic acids is 1. The fourth-order valence-electron chi connectivity index (χ4n) is 0.657. The zero-order valence-corrected chi connectivity index (χ0v) is 6.69. The van der Waals surface area contributed by atoms with E-state index in [4.69, 9.17) is 15.9 Å². The van der Waals surface area contributed by atoms with Crippen LogP contribution >= 0.6 is 0 Å². The largest absolute Gasteiger partial charge is 0.481 e. The van der Waals surface area contributed by atoms with Crippen molar-refractivity contribution in [3.8, 4) is 0 Å². The van der Waals surface area contributed by atoms with Gasteiger partial charge in [-0.3, -0.25) is 9.59 Å². The summed E-state index contributed by atoms with van der Waals surface area (Å²) in [5.74, 6) is -3.35. The van der Waals surface area contributed by atoms with Crippen LogP contribution in [0.2, 0.25) is 0 Å². The predicted molar refractivity (Wildman–Crippen MR) is 41.8 cm³/mol. The topological polar surface area (TPSA) is 118 Å². The average Bonchev–Trinajstić information content (AvgIpc) is 1.96. The van der Waals surface area contributed by atoms with E-state index in [1.54, 1.807) is 0 Å². The molecule has 6 nitrogen and oxygen atoms in total. The fraction of sp³-hybridized carbons (Fsp3) is 0.286. The first-order valence-electron chi connectivity index (χ1n) is 3.38. The van der Waals surface area contributed by atoms with Gasteiger partial charge < -0.3 is 15.9 Å². The highest BCUT2D eigenvalue weighted by molar-refractivity contribution is 5.98. The first-order valence-corrected chi connectivity index (χ1v) is 3.38. The molecule has 0 saturated heterocycles. The molecule has 0 atom stereocenters. The van der Waals surface area contributed by atoms with E-state index in [9.17, 15) is 14.4 Å². The van der Waals surface area contributed by atoms with E-state index in [1.165, 1.54) is 0 Å². The van der Waals surface area contributed by atoms with Crippen molar-refractivity contribution < 1.29 is 24.6 Å². The monoisotopic (exact) mass is 187 g/mol. The van der Waals surface area contributed by atoms with Crippen molar-refractivity contribution in [1.82, 2.24) is 0 Å². The normalized spacial score (nSPS) is 10.9. The van der Waals surface area contributed by atoms with E-state index in [0.717, 1.165) is 0 Å². The van der Waals surface area contributed by atoms with Crippen LogP contribution in [-0.4, -0.2) is 28.1 Å². The zero-order valence-electron chi connectivity index (χ0n) is 6.69. The minimum absolute atomic E-state index is 0.170. The second kappa shape index (κ2) is 4.91. The molecule has 0 bridgehead atoms. The lowest BCUT2D eigenvalue weighted by atomic mass is 10.1. The Labute approximate surface area is 73.7 Å². The van der Waals surface area contributed by atoms with Gasteiger partial charge in [-0.1, -0.05) is 0 Å². The van der Waals surface area contributed by atoms with Crippen molar-refractivity contribution in [1.29, 1.82) is 0 Å². The average molecular weight is 187 g/mol. The summed E-state index contributed by atoms with van der Waals surface area (Å²) in [6.45, 7) is 0. The molecule has 0 rings (SSSR count). The molecular weight excluding hydrogens is 178 g/mol. The maximum absolute atomic E-state index is 10.5. The van der Waals surface area contributed by atoms with Crippen molar-refractivity contribution in [2.24, 2.45) is 5.73 Å². The van der Waals surface area contributed by atoms with Gasteiger partial charge in [-0.15, -0.1) is 0 Å². The van der Waals surface area contributed by atoms with Crippen LogP contribution in [0, 0.1) is 0 Å². The number of carbonyl (C=O) groups is 3. The Kier molecular flexibility index (Phi) is 4.21. The van der Waals surface area contributed by atoms with Gasteiger partial charge in [0, 0.05) is 18.1 Å². The van der Waals surface area contributed by atoms with Gasteiger partial charge in [-0.25, -0.2) is 4.79 Å². The van der Waals surface area contributed by atoms with E-state index in [2.05, 4.69) is 0 Å². The van der Waals surface area contributed by atoms with Gasteiger partial charge in [-0.05, 0) is 6.42 Å². The number of nitrogens with two attached hydrogens (primary N) is 1. The lowest BCUT2D eigenvalue weighted by Crippen LogP contribution is -2.16. The third-order valence-electron chi connectivity index (χ3n) is 1.22. The Morgan fingerprint density at radius 1 is 1.15 bits per heavy atom. The summed E-state index contributed by atoms with van der Waals surface area (Å²) in [7, 11) is 0. The van der Waals surface area contributed by atoms with Crippen molar-refractivity contribution in [3.05, 3.63) is 11.6 Å². The van der Waals surface area contributed by atoms with Gasteiger partial charge in [0.1, 0.15) is 0 Å². The van der Waals surface area contributed by atoms with Gasteiger partial charge in [0.25, 0.3) is 0 Å². The van der Waals surface area contributed by atoms with E-state index >= 15 is 0 Å². The summed E-state index contributed by atoms with van der Waals surface area (Å²) in [5.41, 5.74) is 4.61. The van der Waals surface area contributed by atoms with Gasteiger partial charge >= 0.3 is 11.9 Å². The van der Waals surface area contributed by atoms with E-state index in [1.807, 2.05) is 0 Å². The highest BCUT2D eigenvalue weighted by atomic mass is 16.4. The molecule has 0 fully saturated rings. The van der Waals surface area contributed by atoms with Gasteiger partial charge in [0.15, 0.2) is 0 Å². The Bertz CT molecular complexity index is 268. The van der Waals surface area contributed by atoms with Crippen LogP contribution in [0.4, 0.5) is 0 Å². The molecule has 0 aliphatic rings. The summed E-state index contributed by atoms with van der Waals surface area (Å²) >= 11 is 0. The molecule has 1 amide bonds. The second-order valence-corrected chi connectivity index (χ2v) is 2.27. The second-order valence-electron chi connectivity index (χ2n) is 2.27. The Morgan fingerprint density at radius 2 is 1.69 bits per heavy atom. The molecule has 4 N–H and O–H groups in total. The molecule has 0 aromatic carbocycles. The molecule has 0 spiro atoms. The number of hydrogen-bond acceptors (Lipinski definition) is 3. The van der Waals surface area contributed by atoms with Gasteiger partial charge in [-0.2, -0.15) is 0 Å². The Morgan fingerprint density at radius 3 is 2.00 bits per heavy atom. The summed E-state index contributed by atoms with van der Waals surface area (Å²) in [6.07, 6.45) is 0.129. The van der Waals surface area contributed by atoms with Crippen LogP contribution in [0.25, 0.3) is 0 Å². The maximum atomic E-state index is 10.5. The Balaban J connectivity index is 4.36. The van der Waals surface area contributed by atoms with Crippen molar-refractivity contribution in [2.75, 3.05) is 0 Å². The number of primary amides is 1. The quantitative estimate of drug-likeness (QED) is 0.494. The maximum Gasteiger partial charge on any atom is 0.328 e. The van der Waals surface area contributed by atoms with E-state index < -0.39 is 17.8 Å². The zero-order chi connectivity index (χ0) is 10.4. The molecule has 6 heteroatoms. The summed E-state index contributed by atoms with van der Waals surface area (Å²) in [5, 5.41) is 16.5. The molecule has 0 aromatic rings. The lowest BCUT2D eigenvalue weighted by molar-refractivity contribution is -0.137. The van der Waals surface area contributed by atoms with Crippen molar-refractivity contribution in [2.45, 2.75) is 12.8 Å². The number of aliphatic carboxylic acids is 2. The van der Waals surface area contributed by atoms with E-state index in [0.29, 0.717) is 6.08 Å². The first kappa shape index (κ1) is 11.2. The number of hydrogen-bond donors (Lipinski definition) is 3. The molecular formula is C7H9NO5. The SMILES string of the molecule is NC(=O)/C(=C\C(=O)O)CCC(=O)O. The Hall–Kier alpha value is -1.85. The molecule has 0 radical (unpaired) electrons. The van der Waals surface area contributed by atoms with Crippen molar-refractivity contribution in [3.63, 3.8) is 0 Å². The summed E-state index contributed by atoms with van der Waals surface area (Å²) < 4.78 is 0. The molecule has 0 unspecified atom stereocenters. The third kappa shape index (κ3) is 5.42. The van der Waals surface area contributed by atoms with Gasteiger partial charge in [0.2, 0.25) is 5.91 Å².